The molecule has 3 saturated heterocycles. The second-order valence-electron chi connectivity index (χ2n) is 11.0. The monoisotopic (exact) mass is 502 g/mol. The molecule has 9 heteroatoms. The number of fused-ring (bicyclic) bond motifs is 2. The average molecular weight is 503 g/mol. The lowest BCUT2D eigenvalue weighted by atomic mass is 9.82. The van der Waals surface area contributed by atoms with Gasteiger partial charge in [-0.3, -0.25) is 19.4 Å². The van der Waals surface area contributed by atoms with E-state index in [1.165, 1.54) is 4.90 Å². The lowest BCUT2D eigenvalue weighted by Crippen LogP contribution is -2.59. The van der Waals surface area contributed by atoms with Crippen LogP contribution in [-0.4, -0.2) is 64.3 Å². The van der Waals surface area contributed by atoms with Gasteiger partial charge in [-0.2, -0.15) is 0 Å². The van der Waals surface area contributed by atoms with Gasteiger partial charge in [-0.25, -0.2) is 13.6 Å². The Morgan fingerprint density at radius 1 is 1.08 bits per heavy atom. The van der Waals surface area contributed by atoms with Crippen molar-refractivity contribution in [2.24, 2.45) is 5.92 Å². The highest BCUT2D eigenvalue weighted by atomic mass is 19.3. The summed E-state index contributed by atoms with van der Waals surface area (Å²) in [5, 5.41) is 6.17. The molecule has 1 aromatic carbocycles. The van der Waals surface area contributed by atoms with E-state index in [2.05, 4.69) is 15.5 Å². The summed E-state index contributed by atoms with van der Waals surface area (Å²) in [6.45, 7) is 2.95. The Kier molecular flexibility index (Phi) is 6.78. The van der Waals surface area contributed by atoms with Gasteiger partial charge in [-0.05, 0) is 57.4 Å². The Hall–Kier alpha value is -2.55. The van der Waals surface area contributed by atoms with E-state index in [1.54, 1.807) is 0 Å². The number of hydrogen-bond donors (Lipinski definition) is 2. The number of benzene rings is 1. The first-order chi connectivity index (χ1) is 17.2. The Morgan fingerprint density at radius 2 is 1.72 bits per heavy atom. The van der Waals surface area contributed by atoms with Crippen molar-refractivity contribution in [1.82, 2.24) is 20.4 Å². The van der Waals surface area contributed by atoms with Crippen LogP contribution in [-0.2, 0) is 9.59 Å². The van der Waals surface area contributed by atoms with Gasteiger partial charge in [-0.1, -0.05) is 30.3 Å². The Labute approximate surface area is 211 Å². The maximum atomic E-state index is 13.6. The van der Waals surface area contributed by atoms with Crippen LogP contribution in [0.2, 0.25) is 0 Å². The highest BCUT2D eigenvalue weighted by molar-refractivity contribution is 6.07. The van der Waals surface area contributed by atoms with Gasteiger partial charge in [-0.15, -0.1) is 0 Å². The first-order valence-corrected chi connectivity index (χ1v) is 13.3. The topological polar surface area (TPSA) is 81.8 Å². The van der Waals surface area contributed by atoms with Crippen LogP contribution in [0.5, 0.6) is 0 Å². The van der Waals surface area contributed by atoms with Crippen molar-refractivity contribution in [2.45, 2.75) is 94.3 Å². The molecular formula is C27H36F2N4O3. The van der Waals surface area contributed by atoms with Crippen LogP contribution >= 0.6 is 0 Å². The number of urea groups is 1. The molecule has 196 valence electrons. The quantitative estimate of drug-likeness (QED) is 0.553. The van der Waals surface area contributed by atoms with E-state index in [4.69, 9.17) is 0 Å². The maximum Gasteiger partial charge on any atom is 0.325 e. The highest BCUT2D eigenvalue weighted by Crippen LogP contribution is 2.44. The van der Waals surface area contributed by atoms with Crippen LogP contribution in [0.25, 0.3) is 0 Å². The molecule has 0 aromatic heterocycles. The van der Waals surface area contributed by atoms with E-state index in [1.807, 2.05) is 37.3 Å². The van der Waals surface area contributed by atoms with Crippen LogP contribution in [0.4, 0.5) is 13.6 Å². The molecule has 2 N–H and O–H groups in total. The van der Waals surface area contributed by atoms with Gasteiger partial charge >= 0.3 is 6.03 Å². The predicted molar refractivity (Wildman–Crippen MR) is 130 cm³/mol. The molecule has 3 heterocycles. The van der Waals surface area contributed by atoms with E-state index >= 15 is 0 Å². The third-order valence-electron chi connectivity index (χ3n) is 8.78. The van der Waals surface area contributed by atoms with E-state index < -0.39 is 11.5 Å². The molecule has 2 bridgehead atoms. The number of likely N-dealkylation sites (N-methyl/N-ethyl adjacent to an activating group) is 1. The third kappa shape index (κ3) is 4.74. The van der Waals surface area contributed by atoms with Crippen molar-refractivity contribution in [2.75, 3.05) is 13.1 Å². The van der Waals surface area contributed by atoms with E-state index in [0.717, 1.165) is 24.9 Å². The summed E-state index contributed by atoms with van der Waals surface area (Å²) in [4.78, 5) is 42.2. The van der Waals surface area contributed by atoms with E-state index in [-0.39, 0.29) is 67.6 Å². The number of nitrogens with zero attached hydrogens (tertiary/aromatic N) is 2. The largest absolute Gasteiger partial charge is 0.349 e. The van der Waals surface area contributed by atoms with Gasteiger partial charge in [0.1, 0.15) is 5.54 Å². The second-order valence-corrected chi connectivity index (χ2v) is 11.0. The van der Waals surface area contributed by atoms with Gasteiger partial charge in [0.2, 0.25) is 11.8 Å². The lowest BCUT2D eigenvalue weighted by Gasteiger charge is -2.43. The Balaban J connectivity index is 1.24. The standard InChI is InChI=1S/C27H36F2N4O3/c1-2-32-24(35)26(31-25(32)36)16-20-8-9-21(17-26)33(20)15-12-22(18-6-4-3-5-7-18)30-23(34)19-10-13-27(28,29)14-11-19/h3-7,19-22H,2,8-17H2,1H3,(H,30,34)(H,31,36)/t20?,21?,22-,26?/m0/s1. The zero-order valence-electron chi connectivity index (χ0n) is 20.8. The molecule has 5 rings (SSSR count). The van der Waals surface area contributed by atoms with Crippen molar-refractivity contribution >= 4 is 17.8 Å². The van der Waals surface area contributed by atoms with Crippen LogP contribution < -0.4 is 10.6 Å². The molecular weight excluding hydrogens is 466 g/mol. The number of rotatable bonds is 7. The maximum absolute atomic E-state index is 13.6. The Bertz CT molecular complexity index is 980. The summed E-state index contributed by atoms with van der Waals surface area (Å²) in [7, 11) is 0. The fourth-order valence-corrected chi connectivity index (χ4v) is 6.82. The number of hydrogen-bond acceptors (Lipinski definition) is 4. The molecule has 36 heavy (non-hydrogen) atoms. The SMILES string of the molecule is CCN1C(=O)NC2(CC3CCC(C2)N3CC[C@H](NC(=O)C2CCC(F)(F)CC2)c2ccccc2)C1=O. The molecule has 4 aliphatic rings. The molecule has 1 aliphatic carbocycles. The molecule has 1 aromatic rings. The van der Waals surface area contributed by atoms with Gasteiger partial charge in [0.15, 0.2) is 0 Å². The number of carbonyl (C=O) groups is 3. The zero-order valence-corrected chi connectivity index (χ0v) is 20.8. The minimum atomic E-state index is -2.66. The molecule has 3 aliphatic heterocycles. The fourth-order valence-electron chi connectivity index (χ4n) is 6.82. The van der Waals surface area contributed by atoms with Gasteiger partial charge in [0.05, 0.1) is 6.04 Å². The number of halogens is 2. The van der Waals surface area contributed by atoms with Crippen molar-refractivity contribution in [3.05, 3.63) is 35.9 Å². The van der Waals surface area contributed by atoms with E-state index in [0.29, 0.717) is 25.8 Å². The number of imide groups is 1. The summed E-state index contributed by atoms with van der Waals surface area (Å²) in [5.74, 6) is -3.27. The number of nitrogens with one attached hydrogen (secondary N) is 2. The van der Waals surface area contributed by atoms with Crippen molar-refractivity contribution in [3.63, 3.8) is 0 Å². The fraction of sp³-hybridized carbons (Fsp3) is 0.667. The summed E-state index contributed by atoms with van der Waals surface area (Å²) in [5.41, 5.74) is 0.218. The zero-order chi connectivity index (χ0) is 25.5. The molecule has 2 unspecified atom stereocenters. The van der Waals surface area contributed by atoms with Crippen LogP contribution in [0.3, 0.4) is 0 Å². The first kappa shape index (κ1) is 25.1. The second kappa shape index (κ2) is 9.72. The summed E-state index contributed by atoms with van der Waals surface area (Å²) < 4.78 is 27.2. The van der Waals surface area contributed by atoms with Crippen molar-refractivity contribution < 1.29 is 23.2 Å². The highest BCUT2D eigenvalue weighted by Gasteiger charge is 2.58. The number of amides is 4. The number of carbonyl (C=O) groups excluding carboxylic acids is 3. The van der Waals surface area contributed by atoms with Crippen molar-refractivity contribution in [3.8, 4) is 0 Å². The van der Waals surface area contributed by atoms with Crippen LogP contribution in [0, 0.1) is 5.92 Å². The minimum Gasteiger partial charge on any atom is -0.349 e. The summed E-state index contributed by atoms with van der Waals surface area (Å²) >= 11 is 0. The lowest BCUT2D eigenvalue weighted by molar-refractivity contribution is -0.134. The first-order valence-electron chi connectivity index (χ1n) is 13.3. The van der Waals surface area contributed by atoms with Crippen LogP contribution in [0.1, 0.15) is 76.3 Å². The molecule has 7 nitrogen and oxygen atoms in total. The minimum absolute atomic E-state index is 0.0981. The normalized spacial score (nSPS) is 31.0. The summed E-state index contributed by atoms with van der Waals surface area (Å²) in [6, 6.07) is 9.72. The molecule has 4 amide bonds. The van der Waals surface area contributed by atoms with Gasteiger partial charge < -0.3 is 10.6 Å². The molecule has 0 radical (unpaired) electrons. The average Bonchev–Trinajstić information content (AvgIpc) is 3.24. The molecule has 3 atom stereocenters. The van der Waals surface area contributed by atoms with Crippen LogP contribution in [0.15, 0.2) is 30.3 Å². The smallest absolute Gasteiger partial charge is 0.325 e. The molecule has 4 fully saturated rings. The Morgan fingerprint density at radius 3 is 2.31 bits per heavy atom. The van der Waals surface area contributed by atoms with Gasteiger partial charge in [0, 0.05) is 43.9 Å². The van der Waals surface area contributed by atoms with Crippen molar-refractivity contribution in [1.29, 1.82) is 0 Å². The predicted octanol–water partition coefficient (Wildman–Crippen LogP) is 4.00. The molecule has 1 saturated carbocycles. The summed E-state index contributed by atoms with van der Waals surface area (Å²) in [6.07, 6.45) is 3.86. The van der Waals surface area contributed by atoms with Gasteiger partial charge in [0.25, 0.3) is 5.91 Å². The van der Waals surface area contributed by atoms with E-state index in [9.17, 15) is 23.2 Å². The number of alkyl halides is 2. The third-order valence-corrected chi connectivity index (χ3v) is 8.78. The molecule has 1 spiro atoms. The number of piperidine rings is 1.